The highest BCUT2D eigenvalue weighted by Crippen LogP contribution is 2.34. The van der Waals surface area contributed by atoms with Gasteiger partial charge in [-0.15, -0.1) is 0 Å². The summed E-state index contributed by atoms with van der Waals surface area (Å²) >= 11 is 0. The Kier molecular flexibility index (Phi) is 3.75. The molecule has 2 rings (SSSR count). The fourth-order valence-corrected chi connectivity index (χ4v) is 2.94. The quantitative estimate of drug-likeness (QED) is 0.661. The van der Waals surface area contributed by atoms with Crippen LogP contribution >= 0.6 is 0 Å². The average molecular weight is 272 g/mol. The molecule has 0 saturated carbocycles. The molecule has 1 aromatic rings. The van der Waals surface area contributed by atoms with Crippen LogP contribution in [0.4, 0.5) is 0 Å². The van der Waals surface area contributed by atoms with Gasteiger partial charge < -0.3 is 4.98 Å². The first-order valence-electron chi connectivity index (χ1n) is 6.94. The summed E-state index contributed by atoms with van der Waals surface area (Å²) in [5.41, 5.74) is 4.41. The van der Waals surface area contributed by atoms with E-state index >= 15 is 0 Å². The lowest BCUT2D eigenvalue weighted by Gasteiger charge is -2.15. The van der Waals surface area contributed by atoms with Gasteiger partial charge in [0.1, 0.15) is 0 Å². The van der Waals surface area contributed by atoms with Gasteiger partial charge in [-0.2, -0.15) is 0 Å². The van der Waals surface area contributed by atoms with E-state index < -0.39 is 5.54 Å². The fraction of sp³-hybridized carbons (Fsp3) is 0.438. The number of hydrogen-bond donors (Lipinski definition) is 1. The second-order valence-electron chi connectivity index (χ2n) is 5.15. The first-order chi connectivity index (χ1) is 9.54. The highest BCUT2D eigenvalue weighted by atomic mass is 16.1. The Morgan fingerprint density at radius 1 is 1.20 bits per heavy atom. The summed E-state index contributed by atoms with van der Waals surface area (Å²) in [4.78, 5) is 30.5. The molecule has 4 nitrogen and oxygen atoms in total. The number of H-pyrrole nitrogens is 1. The van der Waals surface area contributed by atoms with Crippen molar-refractivity contribution in [3.8, 4) is 0 Å². The summed E-state index contributed by atoms with van der Waals surface area (Å²) in [7, 11) is 0. The summed E-state index contributed by atoms with van der Waals surface area (Å²) in [6, 6.07) is 0. The predicted molar refractivity (Wildman–Crippen MR) is 79.3 cm³/mol. The zero-order valence-corrected chi connectivity index (χ0v) is 12.4. The zero-order valence-electron chi connectivity index (χ0n) is 12.4. The number of allylic oxidation sites excluding steroid dienone is 1. The van der Waals surface area contributed by atoms with Crippen molar-refractivity contribution in [3.63, 3.8) is 0 Å². The Morgan fingerprint density at radius 3 is 2.25 bits per heavy atom. The molecule has 0 aromatic carbocycles. The first kappa shape index (κ1) is 14.4. The summed E-state index contributed by atoms with van der Waals surface area (Å²) in [6.07, 6.45) is 4.83. The third kappa shape index (κ3) is 1.87. The van der Waals surface area contributed by atoms with Crippen LogP contribution in [0.3, 0.4) is 0 Å². The predicted octanol–water partition coefficient (Wildman–Crippen LogP) is 2.55. The molecular weight excluding hydrogens is 252 g/mol. The average Bonchev–Trinajstić information content (AvgIpc) is 2.96. The van der Waals surface area contributed by atoms with Crippen LogP contribution in [0.2, 0.25) is 0 Å². The lowest BCUT2D eigenvalue weighted by Crippen LogP contribution is -2.31. The molecule has 1 N–H and O–H groups in total. The Hall–Kier alpha value is -1.97. The standard InChI is InChI=1S/C16H20N2O2/c1-5-12-7-17-14(10(12)3)15-11(4)13(6-2)16(8-19,9-20)18-15/h7-9,17H,5-6H2,1-4H3. The number of rotatable bonds is 5. The molecule has 1 aliphatic rings. The lowest BCUT2D eigenvalue weighted by molar-refractivity contribution is -0.119. The largest absolute Gasteiger partial charge is 0.359 e. The van der Waals surface area contributed by atoms with Crippen molar-refractivity contribution >= 4 is 18.3 Å². The molecule has 20 heavy (non-hydrogen) atoms. The van der Waals surface area contributed by atoms with E-state index in [9.17, 15) is 9.59 Å². The highest BCUT2D eigenvalue weighted by molar-refractivity contribution is 6.19. The molecule has 4 heteroatoms. The molecule has 1 aromatic heterocycles. The molecule has 0 spiro atoms. The van der Waals surface area contributed by atoms with Crippen molar-refractivity contribution in [2.24, 2.45) is 4.99 Å². The minimum atomic E-state index is -1.32. The number of aryl methyl sites for hydroxylation is 1. The maximum atomic E-state index is 11.4. The van der Waals surface area contributed by atoms with E-state index in [-0.39, 0.29) is 0 Å². The van der Waals surface area contributed by atoms with Crippen LogP contribution in [0.1, 0.15) is 44.0 Å². The van der Waals surface area contributed by atoms with Gasteiger partial charge in [-0.3, -0.25) is 14.6 Å². The molecule has 0 bridgehead atoms. The molecule has 1 aliphatic heterocycles. The van der Waals surface area contributed by atoms with Crippen molar-refractivity contribution in [1.82, 2.24) is 4.98 Å². The molecule has 0 amide bonds. The number of aldehydes is 2. The Labute approximate surface area is 119 Å². The van der Waals surface area contributed by atoms with Gasteiger partial charge in [0.25, 0.3) is 0 Å². The van der Waals surface area contributed by atoms with Crippen molar-refractivity contribution in [1.29, 1.82) is 0 Å². The van der Waals surface area contributed by atoms with Crippen LogP contribution in [0.5, 0.6) is 0 Å². The van der Waals surface area contributed by atoms with Crippen LogP contribution in [-0.4, -0.2) is 28.8 Å². The number of aromatic amines is 1. The van der Waals surface area contributed by atoms with Gasteiger partial charge in [-0.05, 0) is 49.0 Å². The van der Waals surface area contributed by atoms with Crippen LogP contribution in [0.25, 0.3) is 0 Å². The topological polar surface area (TPSA) is 62.3 Å². The summed E-state index contributed by atoms with van der Waals surface area (Å²) < 4.78 is 0. The normalized spacial score (nSPS) is 17.3. The Morgan fingerprint density at radius 2 is 1.85 bits per heavy atom. The van der Waals surface area contributed by atoms with Crippen molar-refractivity contribution in [2.75, 3.05) is 0 Å². The maximum Gasteiger partial charge on any atom is 0.193 e. The number of nitrogens with one attached hydrogen (secondary N) is 1. The number of hydrogen-bond acceptors (Lipinski definition) is 3. The van der Waals surface area contributed by atoms with E-state index in [1.165, 1.54) is 5.56 Å². The first-order valence-corrected chi connectivity index (χ1v) is 6.94. The number of aliphatic imine (C=N–C) groups is 1. The molecule has 0 fully saturated rings. The van der Waals surface area contributed by atoms with E-state index in [4.69, 9.17) is 0 Å². The van der Waals surface area contributed by atoms with Crippen LogP contribution in [-0.2, 0) is 16.0 Å². The van der Waals surface area contributed by atoms with Crippen molar-refractivity contribution < 1.29 is 9.59 Å². The summed E-state index contributed by atoms with van der Waals surface area (Å²) in [5.74, 6) is 0. The van der Waals surface area contributed by atoms with Gasteiger partial charge in [0.15, 0.2) is 18.1 Å². The Balaban J connectivity index is 2.63. The van der Waals surface area contributed by atoms with Gasteiger partial charge >= 0.3 is 0 Å². The van der Waals surface area contributed by atoms with E-state index in [1.54, 1.807) is 0 Å². The molecule has 0 aliphatic carbocycles. The number of carbonyl (C=O) groups excluding carboxylic acids is 2. The minimum Gasteiger partial charge on any atom is -0.359 e. The Bertz CT molecular complexity index is 612. The van der Waals surface area contributed by atoms with Crippen LogP contribution in [0, 0.1) is 6.92 Å². The van der Waals surface area contributed by atoms with Crippen molar-refractivity contribution in [3.05, 3.63) is 34.2 Å². The second-order valence-corrected chi connectivity index (χ2v) is 5.15. The number of aromatic nitrogens is 1. The third-order valence-electron chi connectivity index (χ3n) is 4.17. The number of carbonyl (C=O) groups is 2. The summed E-state index contributed by atoms with van der Waals surface area (Å²) in [6.45, 7) is 8.00. The monoisotopic (exact) mass is 272 g/mol. The highest BCUT2D eigenvalue weighted by Gasteiger charge is 2.40. The SMILES string of the molecule is CCC1=C(C)C(c2[nH]cc(CC)c2C)=NC1(C=O)C=O. The van der Waals surface area contributed by atoms with Gasteiger partial charge in [0.05, 0.1) is 11.4 Å². The van der Waals surface area contributed by atoms with Gasteiger partial charge in [0.2, 0.25) is 0 Å². The van der Waals surface area contributed by atoms with Crippen LogP contribution < -0.4 is 0 Å². The molecule has 0 saturated heterocycles. The van der Waals surface area contributed by atoms with Gasteiger partial charge in [0, 0.05) is 6.20 Å². The molecule has 0 unspecified atom stereocenters. The van der Waals surface area contributed by atoms with Gasteiger partial charge in [-0.25, -0.2) is 0 Å². The third-order valence-corrected chi connectivity index (χ3v) is 4.17. The fourth-order valence-electron chi connectivity index (χ4n) is 2.94. The molecule has 106 valence electrons. The summed E-state index contributed by atoms with van der Waals surface area (Å²) in [5, 5.41) is 0. The van der Waals surface area contributed by atoms with E-state index in [1.807, 2.05) is 27.0 Å². The van der Waals surface area contributed by atoms with Crippen LogP contribution in [0.15, 0.2) is 22.3 Å². The molecule has 2 heterocycles. The number of nitrogens with zero attached hydrogens (tertiary/aromatic N) is 1. The second kappa shape index (κ2) is 5.19. The lowest BCUT2D eigenvalue weighted by atomic mass is 9.89. The van der Waals surface area contributed by atoms with E-state index in [0.717, 1.165) is 34.5 Å². The smallest absolute Gasteiger partial charge is 0.193 e. The zero-order chi connectivity index (χ0) is 14.9. The van der Waals surface area contributed by atoms with Gasteiger partial charge in [-0.1, -0.05) is 13.8 Å². The van der Waals surface area contributed by atoms with E-state index in [2.05, 4.69) is 16.9 Å². The maximum absolute atomic E-state index is 11.4. The molecule has 0 radical (unpaired) electrons. The molecular formula is C16H20N2O2. The minimum absolute atomic E-state index is 0.636. The van der Waals surface area contributed by atoms with Crippen molar-refractivity contribution in [2.45, 2.75) is 46.1 Å². The van der Waals surface area contributed by atoms with E-state index in [0.29, 0.717) is 19.0 Å². The molecule has 0 atom stereocenters.